The lowest BCUT2D eigenvalue weighted by Gasteiger charge is -2.36. The summed E-state index contributed by atoms with van der Waals surface area (Å²) in [6.07, 6.45) is 3.09. The highest BCUT2D eigenvalue weighted by Gasteiger charge is 2.58. The summed E-state index contributed by atoms with van der Waals surface area (Å²) in [4.78, 5) is 23.6. The van der Waals surface area contributed by atoms with Gasteiger partial charge in [0.2, 0.25) is 11.9 Å². The Balaban J connectivity index is 1.31. The number of hydrogen-bond donors (Lipinski definition) is 2. The minimum absolute atomic E-state index is 0.0240. The molecule has 0 aromatic carbocycles. The van der Waals surface area contributed by atoms with Crippen LogP contribution in [0.2, 0.25) is 0 Å². The predicted octanol–water partition coefficient (Wildman–Crippen LogP) is 1.06. The van der Waals surface area contributed by atoms with Gasteiger partial charge in [0.1, 0.15) is 0 Å². The van der Waals surface area contributed by atoms with Crippen molar-refractivity contribution < 1.29 is 14.6 Å². The Morgan fingerprint density at radius 2 is 2.15 bits per heavy atom. The van der Waals surface area contributed by atoms with Crippen LogP contribution in [0.3, 0.4) is 0 Å². The Morgan fingerprint density at radius 1 is 1.33 bits per heavy atom. The third-order valence-corrected chi connectivity index (χ3v) is 6.82. The average molecular weight is 386 g/mol. The zero-order chi connectivity index (χ0) is 18.4. The highest BCUT2D eigenvalue weighted by molar-refractivity contribution is 7.07. The van der Waals surface area contributed by atoms with Crippen molar-refractivity contribution in [2.24, 2.45) is 17.8 Å². The first-order valence-electron chi connectivity index (χ1n) is 9.35. The Bertz CT molecular complexity index is 803. The number of aliphatic hydroxyl groups excluding tert-OH is 1. The first-order valence-corrected chi connectivity index (χ1v) is 10.3. The van der Waals surface area contributed by atoms with Crippen molar-refractivity contribution in [3.63, 3.8) is 0 Å². The van der Waals surface area contributed by atoms with E-state index in [4.69, 9.17) is 4.74 Å². The summed E-state index contributed by atoms with van der Waals surface area (Å²) in [5.41, 5.74) is 1.11. The molecule has 0 spiro atoms. The summed E-state index contributed by atoms with van der Waals surface area (Å²) in [5.74, 6) is 0.686. The van der Waals surface area contributed by atoms with Gasteiger partial charge in [0.05, 0.1) is 24.2 Å². The molecule has 2 aromatic rings. The molecule has 27 heavy (non-hydrogen) atoms. The molecule has 3 saturated heterocycles. The number of thiophene rings is 1. The Hall–Kier alpha value is -2.03. The molecule has 3 aliphatic rings. The van der Waals surface area contributed by atoms with Crippen molar-refractivity contribution in [3.8, 4) is 0 Å². The van der Waals surface area contributed by atoms with E-state index in [0.717, 1.165) is 5.56 Å². The Labute approximate surface area is 161 Å². The van der Waals surface area contributed by atoms with Crippen LogP contribution in [-0.2, 0) is 16.1 Å². The topological polar surface area (TPSA) is 87.6 Å². The van der Waals surface area contributed by atoms with Crippen LogP contribution in [0.5, 0.6) is 0 Å². The van der Waals surface area contributed by atoms with Crippen LogP contribution in [0.25, 0.3) is 0 Å². The smallest absolute Gasteiger partial charge is 0.226 e. The van der Waals surface area contributed by atoms with Gasteiger partial charge in [-0.1, -0.05) is 0 Å². The molecule has 0 aliphatic carbocycles. The molecule has 2 bridgehead atoms. The van der Waals surface area contributed by atoms with Crippen LogP contribution in [0.15, 0.2) is 35.3 Å². The number of hydrogen-bond acceptors (Lipinski definition) is 7. The molecule has 0 radical (unpaired) electrons. The zero-order valence-electron chi connectivity index (χ0n) is 14.8. The van der Waals surface area contributed by atoms with Crippen LogP contribution < -0.4 is 10.2 Å². The van der Waals surface area contributed by atoms with Crippen molar-refractivity contribution in [1.29, 1.82) is 0 Å². The maximum absolute atomic E-state index is 12.8. The van der Waals surface area contributed by atoms with Crippen LogP contribution in [0.1, 0.15) is 12.0 Å². The van der Waals surface area contributed by atoms with Gasteiger partial charge in [-0.25, -0.2) is 9.97 Å². The predicted molar refractivity (Wildman–Crippen MR) is 100 cm³/mol. The fraction of sp³-hybridized carbons (Fsp3) is 0.526. The summed E-state index contributed by atoms with van der Waals surface area (Å²) >= 11 is 1.62. The number of nitrogens with one attached hydrogen (secondary N) is 1. The second-order valence-electron chi connectivity index (χ2n) is 7.60. The number of ether oxygens (including phenoxy) is 1. The number of carbonyl (C=O) groups excluding carboxylic acids is 1. The molecule has 2 N–H and O–H groups in total. The Kier molecular flexibility index (Phi) is 4.34. The number of carbonyl (C=O) groups is 1. The third kappa shape index (κ3) is 3.01. The molecule has 2 aromatic heterocycles. The van der Waals surface area contributed by atoms with Gasteiger partial charge in [-0.2, -0.15) is 11.3 Å². The van der Waals surface area contributed by atoms with Crippen molar-refractivity contribution in [1.82, 2.24) is 15.3 Å². The maximum atomic E-state index is 12.8. The van der Waals surface area contributed by atoms with Crippen LogP contribution in [0, 0.1) is 17.8 Å². The maximum Gasteiger partial charge on any atom is 0.226 e. The molecule has 7 nitrogen and oxygen atoms in total. The number of anilines is 1. The average Bonchev–Trinajstić information content (AvgIpc) is 3.44. The summed E-state index contributed by atoms with van der Waals surface area (Å²) < 4.78 is 6.10. The summed E-state index contributed by atoms with van der Waals surface area (Å²) in [6.45, 7) is 1.95. The molecule has 6 atom stereocenters. The number of fused-ring (bicyclic) bond motifs is 4. The van der Waals surface area contributed by atoms with Gasteiger partial charge in [0.25, 0.3) is 0 Å². The molecular formula is C19H22N4O3S. The van der Waals surface area contributed by atoms with Gasteiger partial charge in [0.15, 0.2) is 0 Å². The van der Waals surface area contributed by atoms with E-state index >= 15 is 0 Å². The molecular weight excluding hydrogens is 364 g/mol. The second kappa shape index (κ2) is 6.85. The lowest BCUT2D eigenvalue weighted by molar-refractivity contribution is -0.140. The lowest BCUT2D eigenvalue weighted by atomic mass is 9.83. The fourth-order valence-electron chi connectivity index (χ4n) is 4.78. The van der Waals surface area contributed by atoms with Crippen LogP contribution in [0.4, 0.5) is 5.95 Å². The molecule has 1 amide bonds. The first kappa shape index (κ1) is 17.1. The minimum atomic E-state index is -0.547. The third-order valence-electron chi connectivity index (χ3n) is 6.09. The quantitative estimate of drug-likeness (QED) is 0.817. The van der Waals surface area contributed by atoms with Crippen molar-refractivity contribution in [2.75, 3.05) is 18.0 Å². The van der Waals surface area contributed by atoms with Crippen molar-refractivity contribution in [2.45, 2.75) is 31.3 Å². The van der Waals surface area contributed by atoms with Crippen LogP contribution >= 0.6 is 11.3 Å². The number of aromatic nitrogens is 2. The van der Waals surface area contributed by atoms with Gasteiger partial charge in [0, 0.05) is 43.9 Å². The van der Waals surface area contributed by atoms with Gasteiger partial charge < -0.3 is 20.1 Å². The van der Waals surface area contributed by atoms with E-state index in [1.807, 2.05) is 16.8 Å². The number of amides is 1. The standard InChI is InChI=1S/C19H22N4O3S/c24-16-13-8-23(19-20-3-1-4-21-19)9-14(13)17-12(6-15(16)26-17)18(25)22-7-11-2-5-27-10-11/h1-5,10,12-17,24H,6-9H2,(H,22,25)/t12?,13-,14+,15+,16+,17-/m1/s1. The van der Waals surface area contributed by atoms with E-state index in [0.29, 0.717) is 32.0 Å². The van der Waals surface area contributed by atoms with Gasteiger partial charge in [-0.15, -0.1) is 0 Å². The van der Waals surface area contributed by atoms with Gasteiger partial charge >= 0.3 is 0 Å². The normalized spacial score (nSPS) is 34.5. The lowest BCUT2D eigenvalue weighted by Crippen LogP contribution is -2.47. The van der Waals surface area contributed by atoms with E-state index in [1.54, 1.807) is 29.8 Å². The highest BCUT2D eigenvalue weighted by atomic mass is 32.1. The zero-order valence-corrected chi connectivity index (χ0v) is 15.6. The Morgan fingerprint density at radius 3 is 2.93 bits per heavy atom. The number of aliphatic hydroxyl groups is 1. The minimum Gasteiger partial charge on any atom is -0.390 e. The molecule has 0 saturated carbocycles. The molecule has 3 fully saturated rings. The number of rotatable bonds is 4. The summed E-state index contributed by atoms with van der Waals surface area (Å²) in [6, 6.07) is 3.81. The van der Waals surface area contributed by atoms with E-state index in [9.17, 15) is 9.90 Å². The first-order chi connectivity index (χ1) is 13.2. The van der Waals surface area contributed by atoms with Gasteiger partial charge in [-0.3, -0.25) is 4.79 Å². The molecule has 8 heteroatoms. The number of nitrogens with zero attached hydrogens (tertiary/aromatic N) is 3. The molecule has 5 rings (SSSR count). The largest absolute Gasteiger partial charge is 0.390 e. The van der Waals surface area contributed by atoms with E-state index in [1.165, 1.54) is 0 Å². The summed E-state index contributed by atoms with van der Waals surface area (Å²) in [5, 5.41) is 17.9. The molecule has 5 heterocycles. The van der Waals surface area contributed by atoms with Crippen molar-refractivity contribution >= 4 is 23.2 Å². The highest BCUT2D eigenvalue weighted by Crippen LogP contribution is 2.47. The van der Waals surface area contributed by atoms with E-state index in [-0.39, 0.29) is 35.9 Å². The van der Waals surface area contributed by atoms with E-state index in [2.05, 4.69) is 20.2 Å². The monoisotopic (exact) mass is 386 g/mol. The fourth-order valence-corrected chi connectivity index (χ4v) is 5.45. The molecule has 1 unspecified atom stereocenters. The SMILES string of the molecule is O=C(NCc1ccsc1)C1C[C@@H]2O[C@H]1[C@H]1CN(c3ncccn3)C[C@H]1[C@@H]2O. The van der Waals surface area contributed by atoms with Crippen LogP contribution in [-0.4, -0.2) is 52.4 Å². The van der Waals surface area contributed by atoms with E-state index < -0.39 is 6.10 Å². The van der Waals surface area contributed by atoms with Gasteiger partial charge in [-0.05, 0) is 34.9 Å². The van der Waals surface area contributed by atoms with Crippen molar-refractivity contribution in [3.05, 3.63) is 40.8 Å². The molecule has 142 valence electrons. The second-order valence-corrected chi connectivity index (χ2v) is 8.38. The summed E-state index contributed by atoms with van der Waals surface area (Å²) in [7, 11) is 0. The molecule has 3 aliphatic heterocycles.